The Morgan fingerprint density at radius 2 is 2.18 bits per heavy atom. The summed E-state index contributed by atoms with van der Waals surface area (Å²) in [7, 11) is 0. The molecule has 0 fully saturated rings. The molecule has 17 heavy (non-hydrogen) atoms. The zero-order valence-corrected chi connectivity index (χ0v) is 10.5. The van der Waals surface area contributed by atoms with Crippen LogP contribution in [0.4, 0.5) is 13.2 Å². The van der Waals surface area contributed by atoms with Gasteiger partial charge in [-0.1, -0.05) is 18.7 Å². The summed E-state index contributed by atoms with van der Waals surface area (Å²) in [5.41, 5.74) is -0.00555. The number of alkyl halides is 3. The summed E-state index contributed by atoms with van der Waals surface area (Å²) in [6.07, 6.45) is -4.37. The number of halogens is 3. The molecule has 0 N–H and O–H groups in total. The molecule has 0 saturated carbocycles. The molecule has 0 amide bonds. The first-order valence-electron chi connectivity index (χ1n) is 4.88. The van der Waals surface area contributed by atoms with Crippen molar-refractivity contribution in [1.82, 2.24) is 0 Å². The van der Waals surface area contributed by atoms with Gasteiger partial charge in [0.2, 0.25) is 0 Å². The first-order chi connectivity index (χ1) is 8.02. The average molecular weight is 278 g/mol. The Kier molecular flexibility index (Phi) is 3.53. The van der Waals surface area contributed by atoms with Crippen LogP contribution in [0.25, 0.3) is 11.3 Å². The maximum Gasteiger partial charge on any atom is 0.420 e. The molecule has 2 heterocycles. The molecule has 6 heteroatoms. The summed E-state index contributed by atoms with van der Waals surface area (Å²) in [4.78, 5) is 0. The number of rotatable bonds is 3. The Labute approximate surface area is 105 Å². The lowest BCUT2D eigenvalue weighted by Gasteiger charge is -2.04. The Balaban J connectivity index is 2.45. The SMILES string of the molecule is CCSc1oc(-c2ccsc2)cc1C(F)(F)F. The lowest BCUT2D eigenvalue weighted by Crippen LogP contribution is -2.04. The van der Waals surface area contributed by atoms with E-state index in [1.54, 1.807) is 23.8 Å². The fraction of sp³-hybridized carbons (Fsp3) is 0.273. The van der Waals surface area contributed by atoms with E-state index in [0.717, 1.165) is 17.8 Å². The van der Waals surface area contributed by atoms with Crippen molar-refractivity contribution in [3.05, 3.63) is 28.5 Å². The molecule has 0 atom stereocenters. The van der Waals surface area contributed by atoms with Crippen LogP contribution in [0.15, 0.2) is 32.4 Å². The molecule has 0 bridgehead atoms. The predicted molar refractivity (Wildman–Crippen MR) is 63.4 cm³/mol. The Morgan fingerprint density at radius 1 is 1.41 bits per heavy atom. The van der Waals surface area contributed by atoms with Gasteiger partial charge in [0, 0.05) is 10.9 Å². The van der Waals surface area contributed by atoms with E-state index in [-0.39, 0.29) is 10.9 Å². The van der Waals surface area contributed by atoms with E-state index < -0.39 is 11.7 Å². The summed E-state index contributed by atoms with van der Waals surface area (Å²) in [6.45, 7) is 1.79. The van der Waals surface area contributed by atoms with Gasteiger partial charge in [-0.2, -0.15) is 24.5 Å². The van der Waals surface area contributed by atoms with Gasteiger partial charge in [0.15, 0.2) is 5.09 Å². The van der Waals surface area contributed by atoms with Gasteiger partial charge in [-0.05, 0) is 23.3 Å². The van der Waals surface area contributed by atoms with Gasteiger partial charge in [-0.25, -0.2) is 0 Å². The first-order valence-corrected chi connectivity index (χ1v) is 6.81. The van der Waals surface area contributed by atoms with Crippen molar-refractivity contribution in [3.8, 4) is 11.3 Å². The minimum atomic E-state index is -4.37. The highest BCUT2D eigenvalue weighted by Crippen LogP contribution is 2.41. The quantitative estimate of drug-likeness (QED) is 0.721. The summed E-state index contributed by atoms with van der Waals surface area (Å²) in [5, 5.41) is 3.51. The molecule has 0 aliphatic heterocycles. The summed E-state index contributed by atoms with van der Waals surface area (Å²) < 4.78 is 43.5. The molecule has 2 aromatic rings. The van der Waals surface area contributed by atoms with Crippen LogP contribution in [0.1, 0.15) is 12.5 Å². The number of hydrogen-bond acceptors (Lipinski definition) is 3. The van der Waals surface area contributed by atoms with Crippen molar-refractivity contribution >= 4 is 23.1 Å². The zero-order chi connectivity index (χ0) is 12.5. The third-order valence-corrected chi connectivity index (χ3v) is 3.62. The standard InChI is InChI=1S/C11H9F3OS2/c1-2-17-10-8(11(12,13)14)5-9(15-10)7-3-4-16-6-7/h3-6H,2H2,1H3. The highest BCUT2D eigenvalue weighted by atomic mass is 32.2. The molecule has 2 aromatic heterocycles. The first kappa shape index (κ1) is 12.6. The van der Waals surface area contributed by atoms with Crippen LogP contribution in [-0.4, -0.2) is 5.75 Å². The van der Waals surface area contributed by atoms with Crippen molar-refractivity contribution in [2.24, 2.45) is 0 Å². The Bertz CT molecular complexity index is 485. The lowest BCUT2D eigenvalue weighted by molar-refractivity contribution is -0.140. The van der Waals surface area contributed by atoms with Gasteiger partial charge in [0.05, 0.1) is 0 Å². The normalized spacial score (nSPS) is 12.0. The zero-order valence-electron chi connectivity index (χ0n) is 8.88. The van der Waals surface area contributed by atoms with E-state index in [0.29, 0.717) is 11.3 Å². The van der Waals surface area contributed by atoms with Crippen LogP contribution in [0, 0.1) is 0 Å². The van der Waals surface area contributed by atoms with Crippen LogP contribution in [0.5, 0.6) is 0 Å². The van der Waals surface area contributed by atoms with Crippen molar-refractivity contribution in [2.75, 3.05) is 5.75 Å². The molecular formula is C11H9F3OS2. The molecule has 0 spiro atoms. The van der Waals surface area contributed by atoms with Gasteiger partial charge in [0.25, 0.3) is 0 Å². The highest BCUT2D eigenvalue weighted by Gasteiger charge is 2.36. The van der Waals surface area contributed by atoms with Crippen molar-refractivity contribution in [1.29, 1.82) is 0 Å². The summed E-state index contributed by atoms with van der Waals surface area (Å²) in [6, 6.07) is 2.81. The van der Waals surface area contributed by atoms with Gasteiger partial charge < -0.3 is 4.42 Å². The molecule has 0 unspecified atom stereocenters. The third kappa shape index (κ3) is 2.69. The molecular weight excluding hydrogens is 269 g/mol. The van der Waals surface area contributed by atoms with Crippen LogP contribution < -0.4 is 0 Å². The second-order valence-corrected chi connectivity index (χ2v) is 5.27. The van der Waals surface area contributed by atoms with Crippen molar-refractivity contribution in [2.45, 2.75) is 18.2 Å². The van der Waals surface area contributed by atoms with Gasteiger partial charge in [-0.3, -0.25) is 0 Å². The van der Waals surface area contributed by atoms with E-state index in [1.165, 1.54) is 11.3 Å². The van der Waals surface area contributed by atoms with Crippen LogP contribution >= 0.6 is 23.1 Å². The minimum absolute atomic E-state index is 0.0544. The summed E-state index contributed by atoms with van der Waals surface area (Å²) in [5.74, 6) is 0.814. The second kappa shape index (κ2) is 4.78. The molecule has 0 aliphatic rings. The van der Waals surface area contributed by atoms with E-state index >= 15 is 0 Å². The fourth-order valence-corrected chi connectivity index (χ4v) is 2.74. The second-order valence-electron chi connectivity index (χ2n) is 3.25. The van der Waals surface area contributed by atoms with Gasteiger partial charge >= 0.3 is 6.18 Å². The Morgan fingerprint density at radius 3 is 2.71 bits per heavy atom. The maximum absolute atomic E-state index is 12.8. The number of thioether (sulfide) groups is 1. The van der Waals surface area contributed by atoms with Crippen LogP contribution in [-0.2, 0) is 6.18 Å². The minimum Gasteiger partial charge on any atom is -0.449 e. The van der Waals surface area contributed by atoms with E-state index in [2.05, 4.69) is 0 Å². The highest BCUT2D eigenvalue weighted by molar-refractivity contribution is 7.99. The van der Waals surface area contributed by atoms with Crippen molar-refractivity contribution in [3.63, 3.8) is 0 Å². The van der Waals surface area contributed by atoms with Crippen molar-refractivity contribution < 1.29 is 17.6 Å². The third-order valence-electron chi connectivity index (χ3n) is 2.08. The predicted octanol–water partition coefficient (Wildman–Crippen LogP) is 5.14. The van der Waals surface area contributed by atoms with E-state index in [9.17, 15) is 13.2 Å². The lowest BCUT2D eigenvalue weighted by atomic mass is 10.2. The van der Waals surface area contributed by atoms with Crippen LogP contribution in [0.2, 0.25) is 0 Å². The molecule has 92 valence electrons. The smallest absolute Gasteiger partial charge is 0.420 e. The van der Waals surface area contributed by atoms with E-state index in [4.69, 9.17) is 4.42 Å². The maximum atomic E-state index is 12.8. The summed E-state index contributed by atoms with van der Waals surface area (Å²) >= 11 is 2.49. The average Bonchev–Trinajstić information content (AvgIpc) is 2.82. The monoisotopic (exact) mass is 278 g/mol. The molecule has 0 saturated heterocycles. The molecule has 1 nitrogen and oxygen atoms in total. The molecule has 0 aliphatic carbocycles. The topological polar surface area (TPSA) is 13.1 Å². The fourth-order valence-electron chi connectivity index (χ4n) is 1.36. The molecule has 2 rings (SSSR count). The Hall–Kier alpha value is -0.880. The largest absolute Gasteiger partial charge is 0.449 e. The van der Waals surface area contributed by atoms with Gasteiger partial charge in [0.1, 0.15) is 11.3 Å². The number of hydrogen-bond donors (Lipinski definition) is 0. The molecule has 0 aromatic carbocycles. The number of furan rings is 1. The van der Waals surface area contributed by atoms with Crippen LogP contribution in [0.3, 0.4) is 0 Å². The number of thiophene rings is 1. The van der Waals surface area contributed by atoms with E-state index in [1.807, 2.05) is 0 Å². The van der Waals surface area contributed by atoms with Gasteiger partial charge in [-0.15, -0.1) is 0 Å². The molecule has 0 radical (unpaired) electrons.